The number of anilines is 3. The number of esters is 2. The number of benzene rings is 8. The number of hydrogen-bond acceptors (Lipinski definition) is 5. The Kier molecular flexibility index (Phi) is 12.7. The van der Waals surface area contributed by atoms with Gasteiger partial charge in [0.1, 0.15) is 0 Å². The quantitative estimate of drug-likeness (QED) is 0.108. The van der Waals surface area contributed by atoms with Gasteiger partial charge in [0.25, 0.3) is 0 Å². The van der Waals surface area contributed by atoms with Crippen molar-refractivity contribution in [2.45, 2.75) is 26.7 Å². The van der Waals surface area contributed by atoms with Crippen molar-refractivity contribution in [3.63, 3.8) is 0 Å². The van der Waals surface area contributed by atoms with Crippen LogP contribution in [0.1, 0.15) is 53.0 Å². The molecule has 1 aliphatic rings. The van der Waals surface area contributed by atoms with E-state index in [9.17, 15) is 9.59 Å². The molecule has 0 spiro atoms. The summed E-state index contributed by atoms with van der Waals surface area (Å²) in [6.07, 6.45) is 8.83. The van der Waals surface area contributed by atoms with Gasteiger partial charge < -0.3 is 14.4 Å². The van der Waals surface area contributed by atoms with Crippen LogP contribution in [0.25, 0.3) is 61.2 Å². The van der Waals surface area contributed by atoms with Crippen LogP contribution in [0.3, 0.4) is 0 Å². The first-order valence-corrected chi connectivity index (χ1v) is 22.3. The van der Waals surface area contributed by atoms with Gasteiger partial charge in [-0.15, -0.1) is 0 Å². The summed E-state index contributed by atoms with van der Waals surface area (Å²) in [5.41, 5.74) is 15.0. The Hall–Kier alpha value is -8.02. The summed E-state index contributed by atoms with van der Waals surface area (Å²) < 4.78 is 11.4. The van der Waals surface area contributed by atoms with E-state index in [0.717, 1.165) is 74.4 Å². The molecule has 0 heterocycles. The summed E-state index contributed by atoms with van der Waals surface area (Å²) in [6.45, 7) is 3.98. The second kappa shape index (κ2) is 19.6. The van der Waals surface area contributed by atoms with E-state index in [1.165, 1.54) is 11.1 Å². The molecule has 0 fully saturated rings. The highest BCUT2D eigenvalue weighted by Gasteiger charge is 2.24. The zero-order valence-corrected chi connectivity index (χ0v) is 36.6. The minimum Gasteiger partial charge on any atom is -0.462 e. The molecule has 5 heteroatoms. The van der Waals surface area contributed by atoms with Crippen LogP contribution in [-0.2, 0) is 9.47 Å². The maximum Gasteiger partial charge on any atom is 0.338 e. The van der Waals surface area contributed by atoms with Crippen molar-refractivity contribution in [2.75, 3.05) is 18.1 Å². The van der Waals surface area contributed by atoms with Crippen LogP contribution in [0.2, 0.25) is 0 Å². The van der Waals surface area contributed by atoms with Crippen LogP contribution in [0.15, 0.2) is 212 Å². The highest BCUT2D eigenvalue weighted by Crippen LogP contribution is 2.41. The van der Waals surface area contributed by atoms with Gasteiger partial charge in [0.2, 0.25) is 0 Å². The van der Waals surface area contributed by atoms with E-state index in [4.69, 9.17) is 9.47 Å². The van der Waals surface area contributed by atoms with Gasteiger partial charge in [-0.2, -0.15) is 0 Å². The lowest BCUT2D eigenvalue weighted by Gasteiger charge is -2.26. The van der Waals surface area contributed by atoms with Gasteiger partial charge in [0.05, 0.1) is 24.3 Å². The van der Waals surface area contributed by atoms with Crippen LogP contribution < -0.4 is 4.90 Å². The highest BCUT2D eigenvalue weighted by molar-refractivity contribution is 6.06. The predicted molar refractivity (Wildman–Crippen MR) is 267 cm³/mol. The monoisotopic (exact) mass is 847 g/mol. The van der Waals surface area contributed by atoms with E-state index >= 15 is 0 Å². The van der Waals surface area contributed by atoms with E-state index < -0.39 is 11.9 Å². The van der Waals surface area contributed by atoms with E-state index in [-0.39, 0.29) is 13.2 Å². The largest absolute Gasteiger partial charge is 0.462 e. The standard InChI is InChI=1S/C60H49NO4/c1-3-64-59(62)57-41-56(51-38-49(44-21-13-7-14-22-44)37-50(39-51)45-23-15-8-16-24-45)58(60(63)65-4-2)40-55(57)48-29-35-54(36-30-48)61(52-31-25-46(26-32-52)42-17-9-5-10-18-42)53-33-27-47(28-34-53)43-19-11-6-12-20-43/h5,7-11,13-41H,3-4,6,12H2,1-2H3. The third kappa shape index (κ3) is 9.36. The molecule has 0 saturated heterocycles. The second-order valence-corrected chi connectivity index (χ2v) is 15.9. The fraction of sp³-hybridized carbons (Fsp3) is 0.100. The number of hydrogen-bond donors (Lipinski definition) is 0. The van der Waals surface area contributed by atoms with Gasteiger partial charge in [0.15, 0.2) is 0 Å². The van der Waals surface area contributed by atoms with Crippen LogP contribution in [-0.4, -0.2) is 25.2 Å². The zero-order chi connectivity index (χ0) is 44.5. The lowest BCUT2D eigenvalue weighted by Crippen LogP contribution is -2.12. The first-order valence-electron chi connectivity index (χ1n) is 22.3. The summed E-state index contributed by atoms with van der Waals surface area (Å²) in [7, 11) is 0. The van der Waals surface area contributed by atoms with E-state index in [1.807, 2.05) is 54.6 Å². The molecule has 65 heavy (non-hydrogen) atoms. The topological polar surface area (TPSA) is 55.8 Å². The van der Waals surface area contributed by atoms with Crippen LogP contribution in [0.5, 0.6) is 0 Å². The van der Waals surface area contributed by atoms with Crippen LogP contribution in [0.4, 0.5) is 17.1 Å². The minimum absolute atomic E-state index is 0.193. The fourth-order valence-corrected chi connectivity index (χ4v) is 8.51. The SMILES string of the molecule is CCOC(=O)c1cc(-c2cc(-c3ccccc3)cc(-c3ccccc3)c2)c(C(=O)OCC)cc1-c1ccc(N(c2ccc(C3=CCCC=C3)cc2)c2ccc(-c3ccccc3)cc2)cc1. The summed E-state index contributed by atoms with van der Waals surface area (Å²) in [4.78, 5) is 30.4. The molecule has 0 aliphatic heterocycles. The van der Waals surface area contributed by atoms with Gasteiger partial charge in [0, 0.05) is 17.1 Å². The average Bonchev–Trinajstić information content (AvgIpc) is 3.38. The lowest BCUT2D eigenvalue weighted by atomic mass is 9.87. The van der Waals surface area contributed by atoms with Gasteiger partial charge >= 0.3 is 11.9 Å². The van der Waals surface area contributed by atoms with Crippen molar-refractivity contribution in [1.29, 1.82) is 0 Å². The maximum absolute atomic E-state index is 14.1. The van der Waals surface area contributed by atoms with Gasteiger partial charge in [-0.3, -0.25) is 0 Å². The predicted octanol–water partition coefficient (Wildman–Crippen LogP) is 15.6. The smallest absolute Gasteiger partial charge is 0.338 e. The molecule has 318 valence electrons. The maximum atomic E-state index is 14.1. The molecule has 0 bridgehead atoms. The Balaban J connectivity index is 1.16. The molecular formula is C60H49NO4. The Morgan fingerprint density at radius 1 is 0.415 bits per heavy atom. The minimum atomic E-state index is -0.478. The molecule has 0 amide bonds. The molecule has 0 radical (unpaired) electrons. The van der Waals surface area contributed by atoms with Gasteiger partial charge in [-0.05, 0) is 160 Å². The summed E-state index contributed by atoms with van der Waals surface area (Å²) >= 11 is 0. The Bertz CT molecular complexity index is 2930. The third-order valence-electron chi connectivity index (χ3n) is 11.7. The molecule has 8 aromatic rings. The van der Waals surface area contributed by atoms with Crippen molar-refractivity contribution < 1.29 is 19.1 Å². The van der Waals surface area contributed by atoms with Crippen molar-refractivity contribution >= 4 is 34.6 Å². The second-order valence-electron chi connectivity index (χ2n) is 15.9. The number of nitrogens with zero attached hydrogens (tertiary/aromatic N) is 1. The molecule has 1 aliphatic carbocycles. The molecule has 5 nitrogen and oxygen atoms in total. The number of ether oxygens (including phenoxy) is 2. The lowest BCUT2D eigenvalue weighted by molar-refractivity contribution is 0.0513. The van der Waals surface area contributed by atoms with Crippen molar-refractivity contribution in [2.24, 2.45) is 0 Å². The van der Waals surface area contributed by atoms with E-state index in [0.29, 0.717) is 22.3 Å². The molecular weight excluding hydrogens is 799 g/mol. The van der Waals surface area contributed by atoms with Gasteiger partial charge in [-0.25, -0.2) is 9.59 Å². The van der Waals surface area contributed by atoms with Gasteiger partial charge in [-0.1, -0.05) is 146 Å². The number of rotatable bonds is 13. The molecule has 0 saturated carbocycles. The highest BCUT2D eigenvalue weighted by atomic mass is 16.5. The van der Waals surface area contributed by atoms with Crippen molar-refractivity contribution in [1.82, 2.24) is 0 Å². The molecule has 0 aromatic heterocycles. The molecule has 0 unspecified atom stereocenters. The fourth-order valence-electron chi connectivity index (χ4n) is 8.51. The number of carbonyl (C=O) groups is 2. The first-order chi connectivity index (χ1) is 32.0. The number of allylic oxidation sites excluding steroid dienone is 4. The average molecular weight is 848 g/mol. The zero-order valence-electron chi connectivity index (χ0n) is 36.6. The molecule has 9 rings (SSSR count). The molecule has 8 aromatic carbocycles. The third-order valence-corrected chi connectivity index (χ3v) is 11.7. The Morgan fingerprint density at radius 2 is 0.800 bits per heavy atom. The van der Waals surface area contributed by atoms with Crippen molar-refractivity contribution in [3.8, 4) is 55.6 Å². The van der Waals surface area contributed by atoms with Crippen molar-refractivity contribution in [3.05, 3.63) is 229 Å². The van der Waals surface area contributed by atoms with E-state index in [1.54, 1.807) is 26.0 Å². The van der Waals surface area contributed by atoms with Crippen LogP contribution in [0, 0.1) is 0 Å². The summed E-state index contributed by atoms with van der Waals surface area (Å²) in [5.74, 6) is -0.955. The first kappa shape index (κ1) is 42.3. The summed E-state index contributed by atoms with van der Waals surface area (Å²) in [6, 6.07) is 66.0. The normalized spacial score (nSPS) is 12.0. The Labute approximate surface area is 381 Å². The Morgan fingerprint density at radius 3 is 1.23 bits per heavy atom. The van der Waals surface area contributed by atoms with E-state index in [2.05, 4.69) is 151 Å². The van der Waals surface area contributed by atoms with Crippen LogP contribution >= 0.6 is 0 Å². The number of carbonyl (C=O) groups excluding carboxylic acids is 2. The molecule has 0 N–H and O–H groups in total. The summed E-state index contributed by atoms with van der Waals surface area (Å²) in [5, 5.41) is 0. The molecule has 0 atom stereocenters.